The molecule has 53 heavy (non-hydrogen) atoms. The second kappa shape index (κ2) is 17.1. The number of Topliss-reactive ketones (excluding diaryl/α,β-unsaturated/α-hetero) is 1. The van der Waals surface area contributed by atoms with E-state index in [1.165, 1.54) is 0 Å². The minimum absolute atomic E-state index is 0.0705. The molecule has 2 aromatic carbocycles. The molecule has 0 radical (unpaired) electrons. The monoisotopic (exact) mass is 739 g/mol. The van der Waals surface area contributed by atoms with E-state index in [4.69, 9.17) is 28.4 Å². The molecular weight excluding hydrogens is 698 g/mol. The van der Waals surface area contributed by atoms with Crippen LogP contribution in [0.4, 0.5) is 4.79 Å². The molecule has 0 bridgehead atoms. The van der Waals surface area contributed by atoms with Crippen molar-refractivity contribution >= 4 is 47.6 Å². The van der Waals surface area contributed by atoms with Crippen molar-refractivity contribution in [3.8, 4) is 11.1 Å². The zero-order valence-corrected chi connectivity index (χ0v) is 29.9. The summed E-state index contributed by atoms with van der Waals surface area (Å²) in [7, 11) is 0. The number of nitrogens with one attached hydrogen (secondary N) is 3. The van der Waals surface area contributed by atoms with Crippen molar-refractivity contribution in [2.24, 2.45) is 0 Å². The third-order valence-electron chi connectivity index (χ3n) is 8.33. The molecule has 17 nitrogen and oxygen atoms in total. The van der Waals surface area contributed by atoms with Gasteiger partial charge in [0, 0.05) is 40.5 Å². The SMILES string of the molecule is CC(=O)N[C@@]1(OC(C)=O)C(OC(C)=O)[C@@H](OC(C)=O)C(COC(C)=O)O[C@H]1NC(=O)C[C@@H](NC(=O)OCC1c2ccccc2-c2ccccc21)C(C)=O. The number of ketones is 1. The highest BCUT2D eigenvalue weighted by Gasteiger charge is 2.64. The molecule has 2 unspecified atom stereocenters. The van der Waals surface area contributed by atoms with Crippen LogP contribution in [0.25, 0.3) is 11.1 Å². The molecule has 1 fully saturated rings. The van der Waals surface area contributed by atoms with E-state index in [-0.39, 0.29) is 12.5 Å². The van der Waals surface area contributed by atoms with E-state index >= 15 is 0 Å². The van der Waals surface area contributed by atoms with E-state index in [0.29, 0.717) is 0 Å². The second-order valence-corrected chi connectivity index (χ2v) is 12.4. The van der Waals surface area contributed by atoms with Crippen LogP contribution in [0.2, 0.25) is 0 Å². The average Bonchev–Trinajstić information content (AvgIpc) is 3.38. The van der Waals surface area contributed by atoms with Crippen molar-refractivity contribution in [2.75, 3.05) is 13.2 Å². The Hall–Kier alpha value is -5.84. The van der Waals surface area contributed by atoms with Crippen molar-refractivity contribution in [1.29, 1.82) is 0 Å². The Morgan fingerprint density at radius 3 is 1.83 bits per heavy atom. The molecule has 3 N–H and O–H groups in total. The fourth-order valence-electron chi connectivity index (χ4n) is 6.34. The largest absolute Gasteiger partial charge is 0.463 e. The summed E-state index contributed by atoms with van der Waals surface area (Å²) in [6.07, 6.45) is -8.66. The maximum atomic E-state index is 13.6. The zero-order chi connectivity index (χ0) is 39.0. The first-order valence-electron chi connectivity index (χ1n) is 16.5. The van der Waals surface area contributed by atoms with E-state index in [1.54, 1.807) is 0 Å². The lowest BCUT2D eigenvalue weighted by Crippen LogP contribution is -2.79. The van der Waals surface area contributed by atoms with Gasteiger partial charge in [-0.05, 0) is 29.2 Å². The predicted octanol–water partition coefficient (Wildman–Crippen LogP) is 1.54. The molecule has 1 aliphatic carbocycles. The minimum Gasteiger partial charge on any atom is -0.463 e. The second-order valence-electron chi connectivity index (χ2n) is 12.4. The summed E-state index contributed by atoms with van der Waals surface area (Å²) in [4.78, 5) is 101. The highest BCUT2D eigenvalue weighted by molar-refractivity contribution is 5.91. The van der Waals surface area contributed by atoms with E-state index in [0.717, 1.165) is 63.8 Å². The van der Waals surface area contributed by atoms with Gasteiger partial charge in [0.15, 0.2) is 18.1 Å². The van der Waals surface area contributed by atoms with Gasteiger partial charge in [-0.15, -0.1) is 0 Å². The Bertz CT molecular complexity index is 1720. The van der Waals surface area contributed by atoms with Crippen LogP contribution < -0.4 is 16.0 Å². The van der Waals surface area contributed by atoms with Crippen molar-refractivity contribution in [3.05, 3.63) is 59.7 Å². The number of ether oxygens (including phenoxy) is 6. The summed E-state index contributed by atoms with van der Waals surface area (Å²) in [5.74, 6) is -6.52. The van der Waals surface area contributed by atoms with Crippen LogP contribution in [0.5, 0.6) is 0 Å². The fraction of sp³-hybridized carbons (Fsp3) is 0.444. The Morgan fingerprint density at radius 1 is 0.736 bits per heavy atom. The number of fused-ring (bicyclic) bond motifs is 3. The van der Waals surface area contributed by atoms with Crippen molar-refractivity contribution in [1.82, 2.24) is 16.0 Å². The Balaban J connectivity index is 1.57. The summed E-state index contributed by atoms with van der Waals surface area (Å²) >= 11 is 0. The molecule has 284 valence electrons. The molecule has 3 amide bonds. The topological polar surface area (TPSA) is 228 Å². The Labute approximate surface area is 304 Å². The van der Waals surface area contributed by atoms with Crippen molar-refractivity contribution < 1.29 is 66.8 Å². The fourth-order valence-corrected chi connectivity index (χ4v) is 6.34. The lowest BCUT2D eigenvalue weighted by molar-refractivity contribution is -0.299. The van der Waals surface area contributed by atoms with Gasteiger partial charge in [-0.25, -0.2) is 4.79 Å². The van der Waals surface area contributed by atoms with Crippen molar-refractivity contribution in [2.45, 2.75) is 90.2 Å². The normalized spacial score (nSPS) is 22.1. The summed E-state index contributed by atoms with van der Waals surface area (Å²) in [6.45, 7) is 5.49. The molecule has 2 aliphatic rings. The number of carbonyl (C=O) groups excluding carboxylic acids is 8. The number of hydrogen-bond acceptors (Lipinski definition) is 14. The van der Waals surface area contributed by atoms with Gasteiger partial charge in [-0.3, -0.25) is 33.6 Å². The van der Waals surface area contributed by atoms with E-state index in [1.807, 2.05) is 48.5 Å². The molecule has 1 heterocycles. The van der Waals surface area contributed by atoms with Gasteiger partial charge >= 0.3 is 30.0 Å². The predicted molar refractivity (Wildman–Crippen MR) is 180 cm³/mol. The Morgan fingerprint density at radius 2 is 1.32 bits per heavy atom. The average molecular weight is 740 g/mol. The molecule has 6 atom stereocenters. The number of carbonyl (C=O) groups is 8. The smallest absolute Gasteiger partial charge is 0.407 e. The summed E-state index contributed by atoms with van der Waals surface area (Å²) < 4.78 is 32.9. The number of esters is 4. The van der Waals surface area contributed by atoms with Gasteiger partial charge in [0.2, 0.25) is 17.9 Å². The van der Waals surface area contributed by atoms with Crippen LogP contribution >= 0.6 is 0 Å². The minimum atomic E-state index is -2.59. The van der Waals surface area contributed by atoms with Crippen LogP contribution in [0, 0.1) is 0 Å². The van der Waals surface area contributed by atoms with Crippen LogP contribution in [-0.4, -0.2) is 97.1 Å². The number of amides is 3. The van der Waals surface area contributed by atoms with E-state index < -0.39 is 96.9 Å². The summed E-state index contributed by atoms with van der Waals surface area (Å²) in [6, 6.07) is 14.0. The van der Waals surface area contributed by atoms with Crippen molar-refractivity contribution in [3.63, 3.8) is 0 Å². The summed E-state index contributed by atoms with van der Waals surface area (Å²) in [5, 5.41) is 7.14. The standard InChI is InChI=1S/C36H41N3O14/c1-18(40)29(37-35(47)49-16-28-26-13-9-7-11-24(26)25-12-8-10-14-27(25)28)15-31(46)38-34-36(39-19(2)41,53-23(6)45)33(51-22(5)44)32(50-21(4)43)30(52-34)17-48-20(3)42/h7-14,28-30,32-34H,15-17H2,1-6H3,(H,37,47)(H,38,46)(H,39,41)/t29-,30?,32+,33?,34-,36-/m1/s1. The number of rotatable bonds is 13. The molecule has 1 aliphatic heterocycles. The lowest BCUT2D eigenvalue weighted by Gasteiger charge is -2.51. The van der Waals surface area contributed by atoms with Crippen LogP contribution in [-0.2, 0) is 62.0 Å². The van der Waals surface area contributed by atoms with Crippen LogP contribution in [0.1, 0.15) is 65.0 Å². The lowest BCUT2D eigenvalue weighted by atomic mass is 9.90. The molecule has 0 aromatic heterocycles. The van der Waals surface area contributed by atoms with Crippen LogP contribution in [0.15, 0.2) is 48.5 Å². The summed E-state index contributed by atoms with van der Waals surface area (Å²) in [5.41, 5.74) is 1.35. The molecule has 17 heteroatoms. The van der Waals surface area contributed by atoms with E-state index in [2.05, 4.69) is 16.0 Å². The zero-order valence-electron chi connectivity index (χ0n) is 29.9. The van der Waals surface area contributed by atoms with Gasteiger partial charge in [-0.1, -0.05) is 48.5 Å². The van der Waals surface area contributed by atoms with Gasteiger partial charge in [0.1, 0.15) is 19.3 Å². The van der Waals surface area contributed by atoms with Gasteiger partial charge in [0.25, 0.3) is 5.72 Å². The quantitative estimate of drug-likeness (QED) is 0.150. The van der Waals surface area contributed by atoms with E-state index in [9.17, 15) is 38.4 Å². The first-order valence-corrected chi connectivity index (χ1v) is 16.5. The number of hydrogen-bond donors (Lipinski definition) is 3. The van der Waals surface area contributed by atoms with Crippen LogP contribution in [0.3, 0.4) is 0 Å². The van der Waals surface area contributed by atoms with Gasteiger partial charge in [-0.2, -0.15) is 0 Å². The Kier molecular flexibility index (Phi) is 12.9. The highest BCUT2D eigenvalue weighted by atomic mass is 16.7. The molecule has 0 spiro atoms. The first kappa shape index (κ1) is 39.9. The third kappa shape index (κ3) is 9.73. The third-order valence-corrected chi connectivity index (χ3v) is 8.33. The first-order chi connectivity index (χ1) is 25.0. The highest BCUT2D eigenvalue weighted by Crippen LogP contribution is 2.44. The molecular formula is C36H41N3O14. The maximum Gasteiger partial charge on any atom is 0.407 e. The molecule has 4 rings (SSSR count). The van der Waals surface area contributed by atoms with Gasteiger partial charge < -0.3 is 44.4 Å². The maximum absolute atomic E-state index is 13.6. The molecule has 0 saturated carbocycles. The number of alkyl carbamates (subject to hydrolysis) is 1. The molecule has 1 saturated heterocycles. The molecule has 2 aromatic rings. The number of benzene rings is 2. The van der Waals surface area contributed by atoms with Gasteiger partial charge in [0.05, 0.1) is 12.5 Å².